The number of hydrogen-bond donors (Lipinski definition) is 1. The summed E-state index contributed by atoms with van der Waals surface area (Å²) >= 11 is 0. The minimum atomic E-state index is -1.04. The van der Waals surface area contributed by atoms with Gasteiger partial charge in [-0.3, -0.25) is 9.59 Å². The van der Waals surface area contributed by atoms with Crippen LogP contribution in [0.1, 0.15) is 64.6 Å². The Labute approximate surface area is 229 Å². The molecular weight excluding hydrogens is 496 g/mol. The highest BCUT2D eigenvalue weighted by Crippen LogP contribution is 2.31. The first-order valence-electron chi connectivity index (χ1n) is 12.5. The molecule has 1 amide bonds. The summed E-state index contributed by atoms with van der Waals surface area (Å²) in [5.41, 5.74) is 6.77. The van der Waals surface area contributed by atoms with Crippen LogP contribution in [-0.4, -0.2) is 36.0 Å². The fraction of sp³-hybridized carbons (Fsp3) is 0.290. The second-order valence-corrected chi connectivity index (χ2v) is 9.58. The van der Waals surface area contributed by atoms with Gasteiger partial charge in [0.05, 0.1) is 7.11 Å². The zero-order valence-electron chi connectivity index (χ0n) is 23.6. The predicted molar refractivity (Wildman–Crippen MR) is 149 cm³/mol. The van der Waals surface area contributed by atoms with Crippen molar-refractivity contribution < 1.29 is 28.6 Å². The number of carbonyl (C=O) groups is 3. The van der Waals surface area contributed by atoms with Crippen LogP contribution in [0.15, 0.2) is 54.4 Å². The number of aromatic nitrogens is 1. The van der Waals surface area contributed by atoms with Gasteiger partial charge in [-0.05, 0) is 52.7 Å². The monoisotopic (exact) mass is 530 g/mol. The van der Waals surface area contributed by atoms with Crippen molar-refractivity contribution in [3.63, 3.8) is 0 Å². The van der Waals surface area contributed by atoms with E-state index in [1.807, 2.05) is 52.0 Å². The molecule has 0 radical (unpaired) electrons. The van der Waals surface area contributed by atoms with Crippen molar-refractivity contribution in [3.8, 4) is 11.5 Å². The summed E-state index contributed by atoms with van der Waals surface area (Å²) in [6, 6.07) is 12.8. The molecule has 1 atom stereocenters. The summed E-state index contributed by atoms with van der Waals surface area (Å²) in [7, 11) is 1.38. The lowest BCUT2D eigenvalue weighted by molar-refractivity contribution is -0.141. The predicted octanol–water partition coefficient (Wildman–Crippen LogP) is 5.39. The Morgan fingerprint density at radius 2 is 1.36 bits per heavy atom. The van der Waals surface area contributed by atoms with Crippen LogP contribution in [-0.2, 0) is 14.3 Å². The quantitative estimate of drug-likeness (QED) is 0.308. The maximum Gasteiger partial charge on any atom is 0.333 e. The molecule has 3 aromatic rings. The van der Waals surface area contributed by atoms with Gasteiger partial charge < -0.3 is 19.5 Å². The average Bonchev–Trinajstić information content (AvgIpc) is 2.82. The molecule has 204 valence electrons. The number of methoxy groups -OCH3 is 1. The van der Waals surface area contributed by atoms with Gasteiger partial charge in [0.1, 0.15) is 11.8 Å². The van der Waals surface area contributed by atoms with Gasteiger partial charge in [-0.2, -0.15) is 0 Å². The Kier molecular flexibility index (Phi) is 9.24. The Morgan fingerprint density at radius 3 is 1.82 bits per heavy atom. The van der Waals surface area contributed by atoms with Gasteiger partial charge in [-0.25, -0.2) is 9.78 Å². The van der Waals surface area contributed by atoms with E-state index in [0.29, 0.717) is 5.76 Å². The molecule has 8 heteroatoms. The molecular formula is C31H34N2O6. The number of allylic oxidation sites excluding steroid dienone is 1. The van der Waals surface area contributed by atoms with Crippen molar-refractivity contribution in [2.45, 2.75) is 54.5 Å². The molecule has 1 N–H and O–H groups in total. The van der Waals surface area contributed by atoms with Gasteiger partial charge in [0.25, 0.3) is 5.91 Å². The lowest BCUT2D eigenvalue weighted by atomic mass is 9.92. The van der Waals surface area contributed by atoms with Crippen LogP contribution in [0, 0.1) is 27.7 Å². The first kappa shape index (κ1) is 29.1. The van der Waals surface area contributed by atoms with Gasteiger partial charge in [0.2, 0.25) is 5.75 Å². The van der Waals surface area contributed by atoms with E-state index in [9.17, 15) is 14.4 Å². The third-order valence-electron chi connectivity index (χ3n) is 5.88. The largest absolute Gasteiger partial charge is 0.493 e. The number of pyridine rings is 1. The molecule has 0 fully saturated rings. The summed E-state index contributed by atoms with van der Waals surface area (Å²) in [6.45, 7) is 12.5. The average molecular weight is 531 g/mol. The van der Waals surface area contributed by atoms with E-state index < -0.39 is 23.9 Å². The number of amides is 1. The standard InChI is InChI=1S/C31H34N2O6/c1-17-11-18(2)14-24(13-17)27(25-15-19(3)12-20(4)16-25)22(6)38-31(36)21(5)33-30(35)28-29(39-23(7)34)26(37-8)9-10-32-28/h9-16,21H,1-8H3,(H,33,35)/t21-/m0/s1. The van der Waals surface area contributed by atoms with E-state index in [4.69, 9.17) is 14.2 Å². The molecule has 0 spiro atoms. The molecule has 39 heavy (non-hydrogen) atoms. The fourth-order valence-corrected chi connectivity index (χ4v) is 4.42. The highest BCUT2D eigenvalue weighted by Gasteiger charge is 2.25. The highest BCUT2D eigenvalue weighted by molar-refractivity contribution is 5.99. The van der Waals surface area contributed by atoms with E-state index in [1.54, 1.807) is 6.92 Å². The SMILES string of the molecule is COc1ccnc(C(=O)N[C@@H](C)C(=O)OC(C)=C(c2cc(C)cc(C)c2)c2cc(C)cc(C)c2)c1OC(C)=O. The van der Waals surface area contributed by atoms with Gasteiger partial charge in [-0.15, -0.1) is 0 Å². The van der Waals surface area contributed by atoms with Crippen molar-refractivity contribution in [2.24, 2.45) is 0 Å². The minimum absolute atomic E-state index is 0.131. The van der Waals surface area contributed by atoms with Crippen molar-refractivity contribution in [3.05, 3.63) is 93.5 Å². The molecule has 2 aromatic carbocycles. The molecule has 0 saturated carbocycles. The van der Waals surface area contributed by atoms with Crippen molar-refractivity contribution >= 4 is 23.4 Å². The lowest BCUT2D eigenvalue weighted by Crippen LogP contribution is -2.40. The van der Waals surface area contributed by atoms with E-state index in [-0.39, 0.29) is 17.2 Å². The van der Waals surface area contributed by atoms with Crippen LogP contribution in [0.4, 0.5) is 0 Å². The van der Waals surface area contributed by atoms with Gasteiger partial charge in [-0.1, -0.05) is 58.7 Å². The first-order valence-corrected chi connectivity index (χ1v) is 12.5. The maximum atomic E-state index is 13.1. The number of hydrogen-bond acceptors (Lipinski definition) is 7. The molecule has 1 aromatic heterocycles. The summed E-state index contributed by atoms with van der Waals surface area (Å²) in [4.78, 5) is 41.7. The molecule has 0 aliphatic heterocycles. The molecule has 0 saturated heterocycles. The van der Waals surface area contributed by atoms with E-state index in [1.165, 1.54) is 33.2 Å². The zero-order valence-corrected chi connectivity index (χ0v) is 23.6. The molecule has 8 nitrogen and oxygen atoms in total. The van der Waals surface area contributed by atoms with Crippen LogP contribution in [0.3, 0.4) is 0 Å². The van der Waals surface area contributed by atoms with Gasteiger partial charge >= 0.3 is 11.9 Å². The third kappa shape index (κ3) is 7.31. The smallest absolute Gasteiger partial charge is 0.333 e. The minimum Gasteiger partial charge on any atom is -0.493 e. The van der Waals surface area contributed by atoms with Crippen LogP contribution in [0.2, 0.25) is 0 Å². The number of aryl methyl sites for hydroxylation is 4. The number of carbonyl (C=O) groups excluding carboxylic acids is 3. The van der Waals surface area contributed by atoms with Crippen molar-refractivity contribution in [2.75, 3.05) is 7.11 Å². The summed E-state index contributed by atoms with van der Waals surface area (Å²) in [5, 5.41) is 2.58. The van der Waals surface area contributed by atoms with Gasteiger partial charge in [0, 0.05) is 24.8 Å². The molecule has 0 unspecified atom stereocenters. The number of ether oxygens (including phenoxy) is 3. The number of benzene rings is 2. The Morgan fingerprint density at radius 1 is 0.846 bits per heavy atom. The number of nitrogens with zero attached hydrogens (tertiary/aromatic N) is 1. The summed E-state index contributed by atoms with van der Waals surface area (Å²) in [5.74, 6) is -1.60. The van der Waals surface area contributed by atoms with Crippen LogP contribution in [0.5, 0.6) is 11.5 Å². The molecule has 0 aliphatic rings. The number of rotatable bonds is 8. The summed E-state index contributed by atoms with van der Waals surface area (Å²) in [6.07, 6.45) is 1.34. The molecule has 3 rings (SSSR count). The third-order valence-corrected chi connectivity index (χ3v) is 5.88. The van der Waals surface area contributed by atoms with E-state index in [0.717, 1.165) is 39.0 Å². The molecule has 1 heterocycles. The second-order valence-electron chi connectivity index (χ2n) is 9.58. The van der Waals surface area contributed by atoms with Crippen LogP contribution < -0.4 is 14.8 Å². The summed E-state index contributed by atoms with van der Waals surface area (Å²) < 4.78 is 16.2. The van der Waals surface area contributed by atoms with Crippen LogP contribution >= 0.6 is 0 Å². The van der Waals surface area contributed by atoms with Gasteiger partial charge in [0.15, 0.2) is 11.4 Å². The molecule has 0 aliphatic carbocycles. The number of esters is 2. The number of nitrogens with one attached hydrogen (secondary N) is 1. The fourth-order valence-electron chi connectivity index (χ4n) is 4.42. The topological polar surface area (TPSA) is 104 Å². The zero-order chi connectivity index (χ0) is 28.9. The highest BCUT2D eigenvalue weighted by atomic mass is 16.6. The van der Waals surface area contributed by atoms with Crippen molar-refractivity contribution in [1.82, 2.24) is 10.3 Å². The van der Waals surface area contributed by atoms with E-state index >= 15 is 0 Å². The Balaban J connectivity index is 1.93. The second kappa shape index (κ2) is 12.4. The Bertz CT molecular complexity index is 1360. The Hall–Kier alpha value is -4.46. The van der Waals surface area contributed by atoms with Crippen molar-refractivity contribution in [1.29, 1.82) is 0 Å². The van der Waals surface area contributed by atoms with E-state index in [2.05, 4.69) is 22.4 Å². The molecule has 0 bridgehead atoms. The maximum absolute atomic E-state index is 13.1. The first-order chi connectivity index (χ1) is 18.4. The normalized spacial score (nSPS) is 11.3. The lowest BCUT2D eigenvalue weighted by Gasteiger charge is -2.19. The van der Waals surface area contributed by atoms with Crippen LogP contribution in [0.25, 0.3) is 5.57 Å².